The molecule has 4 amide bonds. The van der Waals surface area contributed by atoms with Gasteiger partial charge in [-0.1, -0.05) is 6.07 Å². The Balaban J connectivity index is 1.99. The monoisotopic (exact) mass is 430 g/mol. The number of imide groups is 2. The van der Waals surface area contributed by atoms with Crippen LogP contribution in [0.1, 0.15) is 15.9 Å². The molecule has 27 heavy (non-hydrogen) atoms. The predicted molar refractivity (Wildman–Crippen MR) is 98.2 cm³/mol. The zero-order valence-electron chi connectivity index (χ0n) is 13.5. The van der Waals surface area contributed by atoms with Gasteiger partial charge >= 0.3 is 12.0 Å². The molecule has 2 aromatic carbocycles. The third kappa shape index (κ3) is 3.58. The first-order valence-electron chi connectivity index (χ1n) is 7.51. The maximum Gasteiger partial charge on any atom is 0.335 e. The van der Waals surface area contributed by atoms with E-state index in [-0.39, 0.29) is 22.6 Å². The minimum Gasteiger partial charge on any atom is -0.507 e. The van der Waals surface area contributed by atoms with E-state index in [0.717, 1.165) is 4.90 Å². The molecule has 8 nitrogen and oxygen atoms in total. The molecular formula is C18H11BrN2O6. The maximum absolute atomic E-state index is 12.7. The first-order chi connectivity index (χ1) is 12.8. The number of phenols is 1. The van der Waals surface area contributed by atoms with Crippen LogP contribution in [-0.2, 0) is 9.59 Å². The number of carboxylic acid groups (broad SMARTS) is 1. The van der Waals surface area contributed by atoms with Gasteiger partial charge < -0.3 is 10.2 Å². The van der Waals surface area contributed by atoms with Gasteiger partial charge in [0, 0.05) is 0 Å². The number of halogens is 1. The third-order valence-electron chi connectivity index (χ3n) is 3.76. The molecule has 1 heterocycles. The quantitative estimate of drug-likeness (QED) is 0.507. The lowest BCUT2D eigenvalue weighted by atomic mass is 10.1. The van der Waals surface area contributed by atoms with Crippen LogP contribution in [0.5, 0.6) is 5.75 Å². The topological polar surface area (TPSA) is 124 Å². The van der Waals surface area contributed by atoms with Crippen molar-refractivity contribution in [2.45, 2.75) is 0 Å². The number of carbonyl (C=O) groups excluding carboxylic acids is 3. The van der Waals surface area contributed by atoms with Gasteiger partial charge in [-0.25, -0.2) is 14.5 Å². The summed E-state index contributed by atoms with van der Waals surface area (Å²) in [5.41, 5.74) is 0.278. The molecule has 1 aliphatic heterocycles. The largest absolute Gasteiger partial charge is 0.507 e. The van der Waals surface area contributed by atoms with E-state index < -0.39 is 23.8 Å². The van der Waals surface area contributed by atoms with E-state index in [9.17, 15) is 24.3 Å². The van der Waals surface area contributed by atoms with Crippen molar-refractivity contribution in [1.29, 1.82) is 0 Å². The first kappa shape index (κ1) is 18.3. The molecule has 1 aliphatic rings. The van der Waals surface area contributed by atoms with Crippen molar-refractivity contribution in [2.24, 2.45) is 0 Å². The van der Waals surface area contributed by atoms with Gasteiger partial charge in [-0.15, -0.1) is 0 Å². The van der Waals surface area contributed by atoms with E-state index in [4.69, 9.17) is 5.11 Å². The smallest absolute Gasteiger partial charge is 0.335 e. The van der Waals surface area contributed by atoms with E-state index in [1.807, 2.05) is 0 Å². The second-order valence-corrected chi connectivity index (χ2v) is 6.38. The number of hydrogen-bond acceptors (Lipinski definition) is 5. The highest BCUT2D eigenvalue weighted by Gasteiger charge is 2.36. The summed E-state index contributed by atoms with van der Waals surface area (Å²) in [6.07, 6.45) is 1.28. The molecule has 0 unspecified atom stereocenters. The van der Waals surface area contributed by atoms with Crippen LogP contribution in [0.15, 0.2) is 52.5 Å². The fraction of sp³-hybridized carbons (Fsp3) is 0. The average molecular weight is 431 g/mol. The van der Waals surface area contributed by atoms with Crippen molar-refractivity contribution < 1.29 is 29.4 Å². The van der Waals surface area contributed by atoms with E-state index in [2.05, 4.69) is 21.2 Å². The van der Waals surface area contributed by atoms with Gasteiger partial charge in [0.25, 0.3) is 11.8 Å². The fourth-order valence-corrected chi connectivity index (χ4v) is 2.82. The number of amides is 4. The van der Waals surface area contributed by atoms with Gasteiger partial charge in [-0.3, -0.25) is 14.9 Å². The molecule has 0 radical (unpaired) electrons. The fourth-order valence-electron chi connectivity index (χ4n) is 2.42. The predicted octanol–water partition coefficient (Wildman–Crippen LogP) is 2.52. The van der Waals surface area contributed by atoms with Crippen LogP contribution in [0.4, 0.5) is 10.5 Å². The Bertz CT molecular complexity index is 1010. The van der Waals surface area contributed by atoms with Crippen molar-refractivity contribution in [3.05, 3.63) is 63.6 Å². The molecule has 3 rings (SSSR count). The number of anilines is 1. The average Bonchev–Trinajstić information content (AvgIpc) is 2.62. The second-order valence-electron chi connectivity index (χ2n) is 5.52. The highest BCUT2D eigenvalue weighted by atomic mass is 79.9. The van der Waals surface area contributed by atoms with Gasteiger partial charge in [0.15, 0.2) is 0 Å². The molecule has 0 spiro atoms. The number of hydrogen-bond donors (Lipinski definition) is 3. The highest BCUT2D eigenvalue weighted by Crippen LogP contribution is 2.27. The summed E-state index contributed by atoms with van der Waals surface area (Å²) < 4.78 is 0.373. The number of rotatable bonds is 3. The molecule has 0 atom stereocenters. The van der Waals surface area contributed by atoms with Gasteiger partial charge in [-0.2, -0.15) is 0 Å². The number of aromatic hydroxyl groups is 1. The van der Waals surface area contributed by atoms with E-state index in [1.54, 1.807) is 0 Å². The molecule has 1 fully saturated rings. The van der Waals surface area contributed by atoms with Crippen molar-refractivity contribution in [3.63, 3.8) is 0 Å². The van der Waals surface area contributed by atoms with Crippen LogP contribution in [0.25, 0.3) is 6.08 Å². The number of phenolic OH excluding ortho intramolecular Hbond substituents is 1. The first-order valence-corrected chi connectivity index (χ1v) is 8.30. The zero-order chi connectivity index (χ0) is 19.7. The summed E-state index contributed by atoms with van der Waals surface area (Å²) >= 11 is 3.14. The minimum atomic E-state index is -1.15. The van der Waals surface area contributed by atoms with Crippen LogP contribution in [0.2, 0.25) is 0 Å². The lowest BCUT2D eigenvalue weighted by Crippen LogP contribution is -2.54. The molecule has 2 aromatic rings. The Morgan fingerprint density at radius 2 is 1.74 bits per heavy atom. The van der Waals surface area contributed by atoms with E-state index in [1.165, 1.54) is 48.5 Å². The lowest BCUT2D eigenvalue weighted by molar-refractivity contribution is -0.122. The third-order valence-corrected chi connectivity index (χ3v) is 4.39. The van der Waals surface area contributed by atoms with Crippen molar-refractivity contribution in [3.8, 4) is 5.75 Å². The van der Waals surface area contributed by atoms with Crippen LogP contribution in [0, 0.1) is 0 Å². The summed E-state index contributed by atoms with van der Waals surface area (Å²) in [5, 5.41) is 20.5. The number of benzene rings is 2. The Morgan fingerprint density at radius 3 is 2.33 bits per heavy atom. The van der Waals surface area contributed by atoms with Crippen LogP contribution in [0.3, 0.4) is 0 Å². The van der Waals surface area contributed by atoms with Crippen LogP contribution >= 0.6 is 15.9 Å². The second kappa shape index (κ2) is 7.04. The number of barbiturate groups is 1. The highest BCUT2D eigenvalue weighted by molar-refractivity contribution is 9.10. The molecule has 3 N–H and O–H groups in total. The molecular weight excluding hydrogens is 420 g/mol. The molecule has 0 bridgehead atoms. The van der Waals surface area contributed by atoms with Crippen molar-refractivity contribution in [1.82, 2.24) is 5.32 Å². The molecule has 0 saturated carbocycles. The molecule has 9 heteroatoms. The summed E-state index contributed by atoms with van der Waals surface area (Å²) in [7, 11) is 0. The van der Waals surface area contributed by atoms with Gasteiger partial charge in [0.1, 0.15) is 11.3 Å². The summed E-state index contributed by atoms with van der Waals surface area (Å²) in [4.78, 5) is 48.6. The summed E-state index contributed by atoms with van der Waals surface area (Å²) in [6.45, 7) is 0. The van der Waals surface area contributed by atoms with Gasteiger partial charge in [0.2, 0.25) is 0 Å². The zero-order valence-corrected chi connectivity index (χ0v) is 15.1. The SMILES string of the molecule is O=C1NC(=O)N(c2ccc(C(=O)O)cc2)C(=O)/C1=C/c1ccc(O)c(Br)c1. The number of nitrogens with zero attached hydrogens (tertiary/aromatic N) is 1. The lowest BCUT2D eigenvalue weighted by Gasteiger charge is -2.26. The minimum absolute atomic E-state index is 0.00750. The number of aromatic carboxylic acids is 1. The van der Waals surface area contributed by atoms with E-state index in [0.29, 0.717) is 10.0 Å². The summed E-state index contributed by atoms with van der Waals surface area (Å²) in [5.74, 6) is -2.86. The normalized spacial score (nSPS) is 15.8. The Kier molecular flexibility index (Phi) is 4.78. The van der Waals surface area contributed by atoms with E-state index >= 15 is 0 Å². The Labute approximate surface area is 160 Å². The Morgan fingerprint density at radius 1 is 1.07 bits per heavy atom. The van der Waals surface area contributed by atoms with Crippen molar-refractivity contribution >= 4 is 51.5 Å². The van der Waals surface area contributed by atoms with Crippen LogP contribution in [-0.4, -0.2) is 34.0 Å². The van der Waals surface area contributed by atoms with Gasteiger partial charge in [0.05, 0.1) is 15.7 Å². The standard InChI is InChI=1S/C18H11BrN2O6/c19-13-8-9(1-6-14(13)22)7-12-15(23)20-18(27)21(16(12)24)11-4-2-10(3-5-11)17(25)26/h1-8,22H,(H,25,26)(H,20,23,27)/b12-7+. The number of nitrogens with one attached hydrogen (secondary N) is 1. The summed E-state index contributed by atoms with van der Waals surface area (Å²) in [6, 6.07) is 8.54. The molecule has 136 valence electrons. The maximum atomic E-state index is 12.7. The van der Waals surface area contributed by atoms with Gasteiger partial charge in [-0.05, 0) is 64.0 Å². The molecule has 0 aromatic heterocycles. The van der Waals surface area contributed by atoms with Crippen LogP contribution < -0.4 is 10.2 Å². The Hall–Kier alpha value is -3.46. The number of carbonyl (C=O) groups is 4. The molecule has 1 saturated heterocycles. The number of carboxylic acids is 1. The molecule has 0 aliphatic carbocycles. The van der Waals surface area contributed by atoms with Crippen molar-refractivity contribution in [2.75, 3.05) is 4.90 Å². The number of urea groups is 1.